The highest BCUT2D eigenvalue weighted by Crippen LogP contribution is 2.18. The number of aryl methyl sites for hydroxylation is 3. The maximum atomic E-state index is 13.0. The van der Waals surface area contributed by atoms with Crippen molar-refractivity contribution in [1.29, 1.82) is 0 Å². The third-order valence-electron chi connectivity index (χ3n) is 4.09. The molecule has 2 rings (SSSR count). The summed E-state index contributed by atoms with van der Waals surface area (Å²) in [5.41, 5.74) is 9.47. The third-order valence-corrected chi connectivity index (χ3v) is 4.42. The number of rotatable bonds is 5. The van der Waals surface area contributed by atoms with Crippen molar-refractivity contribution in [3.05, 3.63) is 75.1 Å². The molecule has 2 amide bonds. The lowest BCUT2D eigenvalue weighted by molar-refractivity contribution is -0.117. The van der Waals surface area contributed by atoms with Gasteiger partial charge in [0.1, 0.15) is 5.82 Å². The van der Waals surface area contributed by atoms with Crippen LogP contribution in [-0.2, 0) is 16.0 Å². The predicted molar refractivity (Wildman–Crippen MR) is 107 cm³/mol. The van der Waals surface area contributed by atoms with Gasteiger partial charge < -0.3 is 4.74 Å². The minimum Gasteiger partial charge on any atom is -0.448 e. The van der Waals surface area contributed by atoms with Crippen LogP contribution in [0.5, 0.6) is 0 Å². The lowest BCUT2D eigenvalue weighted by Gasteiger charge is -2.12. The number of nitrogens with one attached hydrogen (secondary N) is 2. The number of carbonyl (C=O) groups excluding carboxylic acids is 2. The Labute approximate surface area is 168 Å². The Balaban J connectivity index is 1.76. The smallest absolute Gasteiger partial charge is 0.426 e. The largest absolute Gasteiger partial charge is 0.448 e. The molecule has 0 radical (unpaired) electrons. The number of halogens is 2. The van der Waals surface area contributed by atoms with Gasteiger partial charge in [0.05, 0.1) is 11.6 Å². The monoisotopic (exact) mass is 404 g/mol. The second-order valence-corrected chi connectivity index (χ2v) is 6.78. The molecule has 0 bridgehead atoms. The van der Waals surface area contributed by atoms with Gasteiger partial charge in [-0.2, -0.15) is 0 Å². The Morgan fingerprint density at radius 1 is 1.11 bits per heavy atom. The summed E-state index contributed by atoms with van der Waals surface area (Å²) in [6.07, 6.45) is 2.40. The van der Waals surface area contributed by atoms with Gasteiger partial charge >= 0.3 is 6.09 Å². The highest BCUT2D eigenvalue weighted by molar-refractivity contribution is 6.32. The number of benzene rings is 2. The average Bonchev–Trinajstić information content (AvgIpc) is 2.61. The molecular weight excluding hydrogens is 383 g/mol. The van der Waals surface area contributed by atoms with Gasteiger partial charge in [-0.3, -0.25) is 10.2 Å². The van der Waals surface area contributed by atoms with Gasteiger partial charge in [-0.05, 0) is 61.2 Å². The molecular formula is C21H22ClFN2O3. The Morgan fingerprint density at radius 2 is 1.79 bits per heavy atom. The zero-order valence-electron chi connectivity index (χ0n) is 15.9. The van der Waals surface area contributed by atoms with Crippen molar-refractivity contribution >= 4 is 29.7 Å². The first-order chi connectivity index (χ1) is 13.3. The number of hydrazine groups is 1. The van der Waals surface area contributed by atoms with Gasteiger partial charge in [-0.15, -0.1) is 0 Å². The number of carbonyl (C=O) groups is 2. The summed E-state index contributed by atoms with van der Waals surface area (Å²) in [6, 6.07) is 7.99. The quantitative estimate of drug-likeness (QED) is 0.572. The van der Waals surface area contributed by atoms with Crippen LogP contribution in [0.1, 0.15) is 27.8 Å². The van der Waals surface area contributed by atoms with E-state index < -0.39 is 17.8 Å². The van der Waals surface area contributed by atoms with Crippen LogP contribution in [0.3, 0.4) is 0 Å². The topological polar surface area (TPSA) is 67.4 Å². The molecule has 7 heteroatoms. The van der Waals surface area contributed by atoms with E-state index in [1.165, 1.54) is 29.8 Å². The van der Waals surface area contributed by atoms with E-state index in [2.05, 4.69) is 23.0 Å². The molecule has 0 aliphatic rings. The fraction of sp³-hybridized carbons (Fsp3) is 0.238. The van der Waals surface area contributed by atoms with Gasteiger partial charge in [-0.25, -0.2) is 14.6 Å². The van der Waals surface area contributed by atoms with Crippen LogP contribution >= 0.6 is 11.6 Å². The first-order valence-corrected chi connectivity index (χ1v) is 9.06. The molecule has 2 aromatic carbocycles. The SMILES string of the molecule is Cc1cc(C)c(CCOC(=O)NNC(=O)/C=C/c2ccc(F)cc2Cl)c(C)c1. The first-order valence-electron chi connectivity index (χ1n) is 8.69. The molecule has 28 heavy (non-hydrogen) atoms. The van der Waals surface area contributed by atoms with Crippen molar-refractivity contribution in [2.24, 2.45) is 0 Å². The Kier molecular flexibility index (Phi) is 7.58. The first kappa shape index (κ1) is 21.4. The van der Waals surface area contributed by atoms with Gasteiger partial charge in [0, 0.05) is 12.5 Å². The van der Waals surface area contributed by atoms with Crippen molar-refractivity contribution in [1.82, 2.24) is 10.9 Å². The molecule has 0 spiro atoms. The van der Waals surface area contributed by atoms with Crippen molar-refractivity contribution in [3.8, 4) is 0 Å². The molecule has 0 saturated heterocycles. The highest BCUT2D eigenvalue weighted by atomic mass is 35.5. The Morgan fingerprint density at radius 3 is 2.43 bits per heavy atom. The van der Waals surface area contributed by atoms with E-state index in [0.717, 1.165) is 22.8 Å². The molecule has 2 N–H and O–H groups in total. The Bertz CT molecular complexity index is 890. The van der Waals surface area contributed by atoms with Crippen molar-refractivity contribution in [3.63, 3.8) is 0 Å². The summed E-state index contributed by atoms with van der Waals surface area (Å²) in [5, 5.41) is 0.179. The van der Waals surface area contributed by atoms with Crippen molar-refractivity contribution in [2.75, 3.05) is 6.61 Å². The highest BCUT2D eigenvalue weighted by Gasteiger charge is 2.07. The van der Waals surface area contributed by atoms with Crippen LogP contribution in [0.2, 0.25) is 5.02 Å². The fourth-order valence-corrected chi connectivity index (χ4v) is 3.07. The van der Waals surface area contributed by atoms with Crippen LogP contribution < -0.4 is 10.9 Å². The Hall–Kier alpha value is -2.86. The number of hydrogen-bond donors (Lipinski definition) is 2. The second kappa shape index (κ2) is 9.90. The average molecular weight is 405 g/mol. The molecule has 0 aromatic heterocycles. The summed E-state index contributed by atoms with van der Waals surface area (Å²) in [6.45, 7) is 6.27. The minimum atomic E-state index is -0.760. The van der Waals surface area contributed by atoms with Gasteiger partial charge in [0.2, 0.25) is 0 Å². The lowest BCUT2D eigenvalue weighted by atomic mass is 9.98. The molecule has 0 fully saturated rings. The molecule has 0 atom stereocenters. The zero-order valence-corrected chi connectivity index (χ0v) is 16.7. The fourth-order valence-electron chi connectivity index (χ4n) is 2.84. The van der Waals surface area contributed by atoms with E-state index in [-0.39, 0.29) is 11.6 Å². The lowest BCUT2D eigenvalue weighted by Crippen LogP contribution is -2.41. The van der Waals surface area contributed by atoms with Crippen LogP contribution in [-0.4, -0.2) is 18.6 Å². The standard InChI is InChI=1S/C21H22ClFN2O3/c1-13-10-14(2)18(15(3)11-13)8-9-28-21(27)25-24-20(26)7-5-16-4-6-17(23)12-19(16)22/h4-7,10-12H,8-9H2,1-3H3,(H,24,26)(H,25,27)/b7-5+. The second-order valence-electron chi connectivity index (χ2n) is 6.38. The molecule has 0 aliphatic heterocycles. The molecule has 148 valence electrons. The maximum Gasteiger partial charge on any atom is 0.426 e. The molecule has 0 saturated carbocycles. The summed E-state index contributed by atoms with van der Waals surface area (Å²) >= 11 is 5.87. The van der Waals surface area contributed by atoms with Crippen LogP contribution in [0.25, 0.3) is 6.08 Å². The van der Waals surface area contributed by atoms with Crippen LogP contribution in [0.15, 0.2) is 36.4 Å². The summed E-state index contributed by atoms with van der Waals surface area (Å²) in [5.74, 6) is -1.05. The van der Waals surface area contributed by atoms with Gasteiger partial charge in [0.25, 0.3) is 5.91 Å². The van der Waals surface area contributed by atoms with Crippen LogP contribution in [0.4, 0.5) is 9.18 Å². The normalized spacial score (nSPS) is 10.8. The van der Waals surface area contributed by atoms with Crippen molar-refractivity contribution in [2.45, 2.75) is 27.2 Å². The predicted octanol–water partition coefficient (Wildman–Crippen LogP) is 4.42. The van der Waals surface area contributed by atoms with E-state index in [9.17, 15) is 14.0 Å². The summed E-state index contributed by atoms with van der Waals surface area (Å²) in [4.78, 5) is 23.4. The third kappa shape index (κ3) is 6.39. The molecule has 0 aliphatic carbocycles. The molecule has 0 unspecified atom stereocenters. The number of hydrogen-bond acceptors (Lipinski definition) is 3. The van der Waals surface area contributed by atoms with E-state index in [4.69, 9.17) is 16.3 Å². The number of ether oxygens (including phenoxy) is 1. The van der Waals surface area contributed by atoms with Crippen LogP contribution in [0, 0.1) is 26.6 Å². The van der Waals surface area contributed by atoms with E-state index in [0.29, 0.717) is 12.0 Å². The molecule has 5 nitrogen and oxygen atoms in total. The van der Waals surface area contributed by atoms with Crippen molar-refractivity contribution < 1.29 is 18.7 Å². The summed E-state index contributed by atoms with van der Waals surface area (Å²) < 4.78 is 18.1. The van der Waals surface area contributed by atoms with Gasteiger partial charge in [-0.1, -0.05) is 35.4 Å². The summed E-state index contributed by atoms with van der Waals surface area (Å²) in [7, 11) is 0. The van der Waals surface area contributed by atoms with Gasteiger partial charge in [0.15, 0.2) is 0 Å². The molecule has 2 aromatic rings. The zero-order chi connectivity index (χ0) is 20.7. The molecule has 0 heterocycles. The van der Waals surface area contributed by atoms with E-state index in [1.54, 1.807) is 0 Å². The van der Waals surface area contributed by atoms with E-state index >= 15 is 0 Å². The maximum absolute atomic E-state index is 13.0. The minimum absolute atomic E-state index is 0.179. The number of amides is 2. The van der Waals surface area contributed by atoms with E-state index in [1.807, 2.05) is 20.8 Å².